The fraction of sp³-hybridized carbons (Fsp3) is 0.534. The summed E-state index contributed by atoms with van der Waals surface area (Å²) in [6.45, 7) is 3.80. The number of aromatic amines is 1. The van der Waals surface area contributed by atoms with Crippen LogP contribution in [-0.4, -0.2) is 248 Å². The van der Waals surface area contributed by atoms with Crippen LogP contribution < -0.4 is 86.3 Å². The van der Waals surface area contributed by atoms with Gasteiger partial charge in [0.25, 0.3) is 0 Å². The molecule has 3 rings (SSSR count). The van der Waals surface area contributed by atoms with Crippen LogP contribution in [0.15, 0.2) is 54.7 Å². The molecule has 0 aliphatic carbocycles. The maximum atomic E-state index is 14.8. The first-order valence-electron chi connectivity index (χ1n) is 37.2. The van der Waals surface area contributed by atoms with Crippen molar-refractivity contribution in [2.24, 2.45) is 17.4 Å². The van der Waals surface area contributed by atoms with E-state index >= 15 is 0 Å². The number of primary amides is 1. The summed E-state index contributed by atoms with van der Waals surface area (Å²) < 4.78 is 5.69. The summed E-state index contributed by atoms with van der Waals surface area (Å²) in [5.41, 5.74) is 18.1. The topological polar surface area (TPSA) is 702 Å². The molecule has 1 aromatic heterocycles. The van der Waals surface area contributed by atoms with E-state index in [9.17, 15) is 116 Å². The molecule has 43 heteroatoms. The van der Waals surface area contributed by atoms with Gasteiger partial charge in [0.05, 0.1) is 51.8 Å². The molecule has 1 heterocycles. The summed E-state index contributed by atoms with van der Waals surface area (Å²) in [6, 6.07) is -7.97. The second-order valence-electron chi connectivity index (χ2n) is 27.4. The molecule has 0 fully saturated rings. The highest BCUT2D eigenvalue weighted by atomic mass is 16.5. The van der Waals surface area contributed by atoms with E-state index in [2.05, 4.69) is 59.8 Å². The highest BCUT2D eigenvalue weighted by Gasteiger charge is 2.41. The van der Waals surface area contributed by atoms with Crippen molar-refractivity contribution < 1.29 is 126 Å². The Morgan fingerprint density at radius 1 is 0.500 bits per heavy atom. The number of Topliss-reactive ketones (excluding diaryl/α,β-unsaturated/α-hetero) is 1. The van der Waals surface area contributed by atoms with E-state index in [4.69, 9.17) is 27.0 Å². The normalized spacial score (nSPS) is 14.3. The van der Waals surface area contributed by atoms with Crippen LogP contribution in [0.5, 0.6) is 0 Å². The minimum Gasteiger partial charge on any atom is -0.481 e. The van der Waals surface area contributed by atoms with E-state index in [1.807, 2.05) is 21.3 Å². The van der Waals surface area contributed by atoms with Gasteiger partial charge in [-0.1, -0.05) is 82.7 Å². The number of ketones is 1. The molecule has 43 nitrogen and oxygen atoms in total. The Hall–Kier alpha value is -12.7. The van der Waals surface area contributed by atoms with Gasteiger partial charge < -0.3 is 122 Å². The summed E-state index contributed by atoms with van der Waals surface area (Å²) in [7, 11) is 0. The standard InChI is InChI=1S/C73H105N17O26/c1-6-7-8-9-10-11-12-23-55(95)83-47(26-41-32-77-45-22-16-14-19-42(41)45)66(107)85-48(28-54(76)94)67(108)86-49(31-61(103)104)68(109)90-63(70(111)79-34-57(97)81-38(3)18-17-24-74)40(5)116-73(115)51(27-53(93)43-20-13-15-21-44(43)75)88-71(112)62(37(2)25-59(99)100)89-69(110)52(35-91)84-58(98)33-78-56(96)29-50(72(113)114)87-64(105)39(4)82-65(106)46(80-36-92)30-60(101)102/h13-16,19-22,32,36-40,46-52,62-63,77,91H,6-12,17-18,23-31,33-35,74-75H2,1-5H3,(H2,76,94)(H,78,96)(H,79,111)(H,80,92)(H,81,97)(H,82,106)(H,83,95)(H,84,98)(H,85,107)(H,86,108)(H,87,105)(H,88,112)(H,89,110)(H,90,109)(H,99,100)(H,101,102)(H,103,104)(H,113,114). The van der Waals surface area contributed by atoms with Gasteiger partial charge in [-0.2, -0.15) is 0 Å². The monoisotopic (exact) mass is 1640 g/mol. The number of hydrogen-bond donors (Lipinski definition) is 22. The van der Waals surface area contributed by atoms with Crippen molar-refractivity contribution >= 4 is 135 Å². The van der Waals surface area contributed by atoms with Crippen LogP contribution in [0.4, 0.5) is 5.69 Å². The number of nitrogen functional groups attached to an aromatic ring is 1. The summed E-state index contributed by atoms with van der Waals surface area (Å²) in [5, 5.41) is 78.4. The number of benzene rings is 2. The van der Waals surface area contributed by atoms with E-state index in [1.165, 1.54) is 24.3 Å². The number of fused-ring (bicyclic) bond motifs is 1. The quantitative estimate of drug-likeness (QED) is 0.00827. The van der Waals surface area contributed by atoms with Crippen molar-refractivity contribution in [3.63, 3.8) is 0 Å². The number of carboxylic acids is 4. The number of amides is 14. The number of H-pyrrole nitrogens is 1. The Kier molecular flexibility index (Phi) is 42.4. The number of nitrogens with two attached hydrogens (primary N) is 3. The minimum absolute atomic E-state index is 0.0101. The lowest BCUT2D eigenvalue weighted by molar-refractivity contribution is -0.156. The van der Waals surface area contributed by atoms with E-state index in [0.717, 1.165) is 52.9 Å². The first kappa shape index (κ1) is 97.5. The van der Waals surface area contributed by atoms with Crippen molar-refractivity contribution in [2.75, 3.05) is 32.0 Å². The Bertz CT molecular complexity index is 3990. The molecule has 0 spiro atoms. The smallest absolute Gasteiger partial charge is 0.329 e. The number of carbonyl (C=O) groups is 20. The number of carbonyl (C=O) groups excluding carboxylic acids is 16. The number of rotatable bonds is 56. The van der Waals surface area contributed by atoms with Crippen LogP contribution in [0.3, 0.4) is 0 Å². The Labute approximate surface area is 664 Å². The predicted octanol–water partition coefficient (Wildman–Crippen LogP) is -4.99. The molecule has 3 aromatic rings. The number of ether oxygens (including phenoxy) is 1. The Morgan fingerprint density at radius 2 is 1.03 bits per heavy atom. The second-order valence-corrected chi connectivity index (χ2v) is 27.4. The van der Waals surface area contributed by atoms with Gasteiger partial charge in [0, 0.05) is 53.7 Å². The van der Waals surface area contributed by atoms with Gasteiger partial charge in [-0.3, -0.25) is 86.3 Å². The second kappa shape index (κ2) is 50.4. The van der Waals surface area contributed by atoms with Crippen molar-refractivity contribution in [1.82, 2.24) is 74.1 Å². The molecule has 2 aromatic carbocycles. The number of anilines is 1. The molecule has 0 saturated carbocycles. The van der Waals surface area contributed by atoms with E-state index in [-0.39, 0.29) is 37.0 Å². The summed E-state index contributed by atoms with van der Waals surface area (Å²) >= 11 is 0. The molecule has 0 radical (unpaired) electrons. The van der Waals surface area contributed by atoms with Crippen molar-refractivity contribution in [1.29, 1.82) is 0 Å². The van der Waals surface area contributed by atoms with Gasteiger partial charge in [-0.15, -0.1) is 0 Å². The summed E-state index contributed by atoms with van der Waals surface area (Å²) in [6.07, 6.45) is -0.0201. The van der Waals surface area contributed by atoms with Gasteiger partial charge in [0.1, 0.15) is 66.5 Å². The van der Waals surface area contributed by atoms with Crippen molar-refractivity contribution in [3.05, 3.63) is 65.9 Å². The number of esters is 1. The van der Waals surface area contributed by atoms with Gasteiger partial charge in [-0.25, -0.2) is 9.59 Å². The highest BCUT2D eigenvalue weighted by Crippen LogP contribution is 2.21. The molecule has 0 bridgehead atoms. The number of aliphatic hydroxyl groups excluding tert-OH is 1. The first-order valence-corrected chi connectivity index (χ1v) is 37.2. The zero-order chi connectivity index (χ0) is 86.9. The predicted molar refractivity (Wildman–Crippen MR) is 407 cm³/mol. The third-order valence-corrected chi connectivity index (χ3v) is 17.7. The van der Waals surface area contributed by atoms with Crippen molar-refractivity contribution in [2.45, 2.75) is 216 Å². The van der Waals surface area contributed by atoms with Crippen LogP contribution >= 0.6 is 0 Å². The number of hydrogen-bond acceptors (Lipinski definition) is 24. The lowest BCUT2D eigenvalue weighted by Crippen LogP contribution is -2.61. The Morgan fingerprint density at radius 3 is 1.65 bits per heavy atom. The zero-order valence-corrected chi connectivity index (χ0v) is 64.7. The number of aromatic nitrogens is 1. The average molecular weight is 1640 g/mol. The molecule has 13 unspecified atom stereocenters. The lowest BCUT2D eigenvalue weighted by Gasteiger charge is -2.30. The van der Waals surface area contributed by atoms with Gasteiger partial charge in [-0.05, 0) is 76.3 Å². The fourth-order valence-corrected chi connectivity index (χ4v) is 11.5. The lowest BCUT2D eigenvalue weighted by atomic mass is 9.96. The molecular formula is C73H105N17O26. The third-order valence-electron chi connectivity index (χ3n) is 17.7. The van der Waals surface area contributed by atoms with E-state index in [1.54, 1.807) is 37.4 Å². The number of aliphatic hydroxyl groups is 1. The average Bonchev–Trinajstić information content (AvgIpc) is 1.61. The van der Waals surface area contributed by atoms with Gasteiger partial charge >= 0.3 is 29.8 Å². The molecule has 25 N–H and O–H groups in total. The SMILES string of the molecule is CCCCCCCCCC(=O)NC(Cc1c[nH]c2ccccc12)C(=O)NC(CC(N)=O)C(=O)NC(CC(=O)O)C(=O)NC(C(=O)NCC(=O)NC(C)CCCN)C(C)OC(=O)C(CC(=O)c1ccccc1N)NC(=O)C(NC(=O)C(CO)NC(=O)CNC(=O)CC(NC(=O)C(C)NC(=O)C(CC(=O)O)NC=O)C(=O)O)C(C)CC(=O)O. The highest BCUT2D eigenvalue weighted by molar-refractivity contribution is 6.05. The number of nitrogens with one attached hydrogen (secondary N) is 14. The molecule has 0 aliphatic rings. The van der Waals surface area contributed by atoms with E-state index < -0.39 is 249 Å². The molecule has 0 aliphatic heterocycles. The maximum absolute atomic E-state index is 14.8. The van der Waals surface area contributed by atoms with Crippen molar-refractivity contribution in [3.8, 4) is 0 Å². The number of para-hydroxylation sites is 2. The Balaban J connectivity index is 2.02. The van der Waals surface area contributed by atoms with Crippen LogP contribution in [0.25, 0.3) is 10.9 Å². The zero-order valence-electron chi connectivity index (χ0n) is 64.7. The molecule has 638 valence electrons. The maximum Gasteiger partial charge on any atom is 0.329 e. The van der Waals surface area contributed by atoms with Crippen LogP contribution in [0, 0.1) is 5.92 Å². The molecule has 14 amide bonds. The van der Waals surface area contributed by atoms with Crippen LogP contribution in [-0.2, 0) is 102 Å². The van der Waals surface area contributed by atoms with Crippen LogP contribution in [0.2, 0.25) is 0 Å². The minimum atomic E-state index is -2.28. The number of aliphatic carboxylic acids is 4. The van der Waals surface area contributed by atoms with Crippen LogP contribution in [0.1, 0.15) is 153 Å². The number of unbranched alkanes of at least 4 members (excludes halogenated alkanes) is 6. The van der Waals surface area contributed by atoms with Gasteiger partial charge in [0.2, 0.25) is 83.2 Å². The molecule has 13 atom stereocenters. The first-order chi connectivity index (χ1) is 54.8. The summed E-state index contributed by atoms with van der Waals surface area (Å²) in [4.78, 5) is 268. The van der Waals surface area contributed by atoms with Gasteiger partial charge in [0.15, 0.2) is 5.78 Å². The largest absolute Gasteiger partial charge is 0.481 e. The molecule has 116 heavy (non-hydrogen) atoms. The van der Waals surface area contributed by atoms with E-state index in [0.29, 0.717) is 42.1 Å². The molecule has 0 saturated heterocycles. The fourth-order valence-electron chi connectivity index (χ4n) is 11.5. The number of carboxylic acid groups (broad SMARTS) is 4. The summed E-state index contributed by atoms with van der Waals surface area (Å²) in [5.74, 6) is -26.6. The molecular weight excluding hydrogens is 1530 g/mol. The third kappa shape index (κ3) is 35.1.